The minimum Gasteiger partial charge on any atom is -0.462 e. The Hall–Kier alpha value is -2.86. The van der Waals surface area contributed by atoms with Gasteiger partial charge in [0.05, 0.1) is 18.2 Å². The summed E-state index contributed by atoms with van der Waals surface area (Å²) < 4.78 is 10.8. The van der Waals surface area contributed by atoms with Crippen LogP contribution in [0.5, 0.6) is 0 Å². The van der Waals surface area contributed by atoms with E-state index in [4.69, 9.17) is 21.1 Å². The normalized spacial score (nSPS) is 31.4. The number of rotatable bonds is 5. The first kappa shape index (κ1) is 24.8. The third kappa shape index (κ3) is 5.15. The van der Waals surface area contributed by atoms with Gasteiger partial charge in [-0.2, -0.15) is 0 Å². The van der Waals surface area contributed by atoms with Gasteiger partial charge in [0, 0.05) is 28.7 Å². The Labute approximate surface area is 217 Å². The number of esters is 1. The Morgan fingerprint density at radius 3 is 2.83 bits per heavy atom. The van der Waals surface area contributed by atoms with Crippen LogP contribution in [0.2, 0.25) is 5.02 Å². The second kappa shape index (κ2) is 10.6. The lowest BCUT2D eigenvalue weighted by Gasteiger charge is -2.47. The molecule has 36 heavy (non-hydrogen) atoms. The Balaban J connectivity index is 1.34. The molecule has 0 bridgehead atoms. The monoisotopic (exact) mass is 508 g/mol. The molecule has 2 heterocycles. The molecule has 7 heteroatoms. The van der Waals surface area contributed by atoms with Crippen molar-refractivity contribution in [2.24, 2.45) is 29.6 Å². The summed E-state index contributed by atoms with van der Waals surface area (Å²) in [4.78, 5) is 29.3. The fourth-order valence-electron chi connectivity index (χ4n) is 6.64. The van der Waals surface area contributed by atoms with E-state index in [1.165, 1.54) is 0 Å². The number of pyridine rings is 1. The number of benzene rings is 1. The van der Waals surface area contributed by atoms with Gasteiger partial charge < -0.3 is 14.8 Å². The highest BCUT2D eigenvalue weighted by Gasteiger charge is 2.54. The maximum atomic E-state index is 12.7. The summed E-state index contributed by atoms with van der Waals surface area (Å²) in [5, 5.41) is 3.72. The molecule has 1 aromatic heterocycles. The van der Waals surface area contributed by atoms with Crippen molar-refractivity contribution in [2.45, 2.75) is 51.7 Å². The molecule has 2 aromatic rings. The molecule has 190 valence electrons. The van der Waals surface area contributed by atoms with E-state index in [1.54, 1.807) is 6.92 Å². The van der Waals surface area contributed by atoms with Gasteiger partial charge in [-0.3, -0.25) is 9.78 Å². The maximum Gasteiger partial charge on any atom is 0.407 e. The Morgan fingerprint density at radius 1 is 1.22 bits per heavy atom. The molecule has 1 aromatic carbocycles. The molecule has 1 saturated heterocycles. The first-order chi connectivity index (χ1) is 17.4. The van der Waals surface area contributed by atoms with Crippen LogP contribution in [0.1, 0.15) is 45.2 Å². The number of cyclic esters (lactones) is 1. The minimum absolute atomic E-state index is 0.0752. The third-order valence-corrected chi connectivity index (χ3v) is 8.41. The molecule has 6 nitrogen and oxygen atoms in total. The van der Waals surface area contributed by atoms with Crippen LogP contribution >= 0.6 is 11.6 Å². The average Bonchev–Trinajstić information content (AvgIpc) is 3.15. The molecular formula is C29H33ClN2O4. The molecule has 3 fully saturated rings. The quantitative estimate of drug-likeness (QED) is 0.490. The second-order valence-corrected chi connectivity index (χ2v) is 10.7. The van der Waals surface area contributed by atoms with Crippen molar-refractivity contribution in [2.75, 3.05) is 6.61 Å². The number of hydrogen-bond acceptors (Lipinski definition) is 5. The van der Waals surface area contributed by atoms with Crippen LogP contribution in [0.25, 0.3) is 17.2 Å². The number of halogens is 1. The average molecular weight is 509 g/mol. The number of nitrogens with one attached hydrogen (secondary N) is 1. The summed E-state index contributed by atoms with van der Waals surface area (Å²) >= 11 is 6.14. The molecule has 1 amide bonds. The number of alkyl carbamates (subject to hydrolysis) is 1. The zero-order chi connectivity index (χ0) is 25.2. The van der Waals surface area contributed by atoms with Crippen molar-refractivity contribution in [3.63, 3.8) is 0 Å². The highest BCUT2D eigenvalue weighted by atomic mass is 35.5. The summed E-state index contributed by atoms with van der Waals surface area (Å²) in [5.41, 5.74) is 2.94. The number of carbonyl (C=O) groups is 2. The van der Waals surface area contributed by atoms with Gasteiger partial charge in [0.25, 0.3) is 0 Å². The molecule has 0 spiro atoms. The molecule has 7 atom stereocenters. The van der Waals surface area contributed by atoms with E-state index < -0.39 is 0 Å². The molecule has 0 radical (unpaired) electrons. The van der Waals surface area contributed by atoms with Gasteiger partial charge in [-0.05, 0) is 87.1 Å². The van der Waals surface area contributed by atoms with E-state index in [1.807, 2.05) is 43.5 Å². The van der Waals surface area contributed by atoms with Crippen molar-refractivity contribution in [3.8, 4) is 11.1 Å². The molecular weight excluding hydrogens is 476 g/mol. The van der Waals surface area contributed by atoms with Crippen molar-refractivity contribution in [1.29, 1.82) is 0 Å². The van der Waals surface area contributed by atoms with Gasteiger partial charge in [-0.1, -0.05) is 35.9 Å². The first-order valence-corrected chi connectivity index (χ1v) is 13.3. The van der Waals surface area contributed by atoms with Crippen LogP contribution in [0.15, 0.2) is 48.7 Å². The van der Waals surface area contributed by atoms with Crippen molar-refractivity contribution < 1.29 is 19.1 Å². The Kier molecular flexibility index (Phi) is 7.33. The Morgan fingerprint density at radius 2 is 2.08 bits per heavy atom. The van der Waals surface area contributed by atoms with Crippen LogP contribution < -0.4 is 5.32 Å². The lowest BCUT2D eigenvalue weighted by molar-refractivity contribution is -0.144. The molecule has 3 aliphatic rings. The standard InChI is InChI=1S/C29H33ClN2O4/c1-3-35-29(34)32-23-10-11-24-20(14-23)15-26-27(17(2)36-28(26)33)25(24)12-9-22-8-7-19(16-31-22)18-5-4-6-21(30)13-18/h4-9,12-13,16-17,20,23-27H,3,10-11,14-15H2,1-2H3,(H,32,34)/b12-9+/t17-,20+,23-,24-,25+,26-,27+/m1/s1. The van der Waals surface area contributed by atoms with Crippen molar-refractivity contribution in [3.05, 3.63) is 59.4 Å². The molecule has 0 unspecified atom stereocenters. The predicted molar refractivity (Wildman–Crippen MR) is 139 cm³/mol. The van der Waals surface area contributed by atoms with Crippen LogP contribution in [-0.2, 0) is 14.3 Å². The highest BCUT2D eigenvalue weighted by Crippen LogP contribution is 2.53. The van der Waals surface area contributed by atoms with Gasteiger partial charge in [0.15, 0.2) is 0 Å². The van der Waals surface area contributed by atoms with E-state index >= 15 is 0 Å². The summed E-state index contributed by atoms with van der Waals surface area (Å²) in [6.45, 7) is 4.19. The summed E-state index contributed by atoms with van der Waals surface area (Å²) in [5.74, 6) is 1.05. The van der Waals surface area contributed by atoms with Crippen LogP contribution in [0.3, 0.4) is 0 Å². The zero-order valence-electron chi connectivity index (χ0n) is 20.7. The van der Waals surface area contributed by atoms with E-state index in [2.05, 4.69) is 28.5 Å². The number of ether oxygens (including phenoxy) is 2. The van der Waals surface area contributed by atoms with Crippen LogP contribution in [0, 0.1) is 29.6 Å². The first-order valence-electron chi connectivity index (χ1n) is 13.0. The number of fused-ring (bicyclic) bond motifs is 2. The summed E-state index contributed by atoms with van der Waals surface area (Å²) in [6, 6.07) is 11.9. The fraction of sp³-hybridized carbons (Fsp3) is 0.483. The Bertz CT molecular complexity index is 1130. The minimum atomic E-state index is -0.354. The van der Waals surface area contributed by atoms with E-state index in [-0.39, 0.29) is 42.0 Å². The molecule has 1 aliphatic heterocycles. The zero-order valence-corrected chi connectivity index (χ0v) is 21.5. The number of amides is 1. The number of allylic oxidation sites excluding steroid dienone is 1. The lowest BCUT2D eigenvalue weighted by atomic mass is 9.57. The van der Waals surface area contributed by atoms with Gasteiger partial charge >= 0.3 is 12.1 Å². The SMILES string of the molecule is CCOC(=O)N[C@@H]1CC[C@@H]2[C@@H](C1)C[C@H]1C(=O)O[C@H](C)[C@H]1[C@H]2/C=C/c1ccc(-c2cccc(Cl)c2)cn1. The van der Waals surface area contributed by atoms with Crippen molar-refractivity contribution >= 4 is 29.7 Å². The second-order valence-electron chi connectivity index (χ2n) is 10.3. The number of carbonyl (C=O) groups excluding carboxylic acids is 2. The summed E-state index contributed by atoms with van der Waals surface area (Å²) in [6.07, 6.45) is 9.38. The predicted octanol–water partition coefficient (Wildman–Crippen LogP) is 6.14. The fourth-order valence-corrected chi connectivity index (χ4v) is 6.83. The molecule has 2 saturated carbocycles. The van der Waals surface area contributed by atoms with Gasteiger partial charge in [-0.25, -0.2) is 4.79 Å². The number of nitrogens with zero attached hydrogens (tertiary/aromatic N) is 1. The van der Waals surface area contributed by atoms with Gasteiger partial charge in [0.2, 0.25) is 0 Å². The van der Waals surface area contributed by atoms with Crippen LogP contribution in [0.4, 0.5) is 4.79 Å². The van der Waals surface area contributed by atoms with Gasteiger partial charge in [-0.15, -0.1) is 0 Å². The lowest BCUT2D eigenvalue weighted by Crippen LogP contribution is -2.48. The smallest absolute Gasteiger partial charge is 0.407 e. The van der Waals surface area contributed by atoms with E-state index in [0.29, 0.717) is 23.5 Å². The van der Waals surface area contributed by atoms with E-state index in [9.17, 15) is 9.59 Å². The topological polar surface area (TPSA) is 77.5 Å². The van der Waals surface area contributed by atoms with Gasteiger partial charge in [0.1, 0.15) is 6.10 Å². The molecule has 5 rings (SSSR count). The number of hydrogen-bond donors (Lipinski definition) is 1. The van der Waals surface area contributed by atoms with Crippen LogP contribution in [-0.4, -0.2) is 35.8 Å². The largest absolute Gasteiger partial charge is 0.462 e. The van der Waals surface area contributed by atoms with Crippen molar-refractivity contribution in [1.82, 2.24) is 10.3 Å². The van der Waals surface area contributed by atoms with E-state index in [0.717, 1.165) is 42.5 Å². The molecule has 2 aliphatic carbocycles. The maximum absolute atomic E-state index is 12.7. The molecule has 1 N–H and O–H groups in total. The summed E-state index contributed by atoms with van der Waals surface area (Å²) in [7, 11) is 0. The highest BCUT2D eigenvalue weighted by molar-refractivity contribution is 6.30. The number of aromatic nitrogens is 1. The third-order valence-electron chi connectivity index (χ3n) is 8.18.